The molecule has 2 aromatic heterocycles. The number of ketones is 1. The molecule has 0 fully saturated rings. The van der Waals surface area contributed by atoms with Gasteiger partial charge in [-0.15, -0.1) is 0 Å². The minimum absolute atomic E-state index is 0.135. The molecule has 0 aliphatic heterocycles. The largest absolute Gasteiger partial charge is 0.485 e. The maximum Gasteiger partial charge on any atom is 0.270 e. The number of pyridine rings is 1. The van der Waals surface area contributed by atoms with Crippen LogP contribution in [0.4, 0.5) is 0 Å². The number of hydrogen-bond donors (Lipinski definition) is 1. The van der Waals surface area contributed by atoms with Crippen molar-refractivity contribution in [3.8, 4) is 5.75 Å². The van der Waals surface area contributed by atoms with E-state index in [1.54, 1.807) is 18.2 Å². The Bertz CT molecular complexity index is 1060. The fourth-order valence-electron chi connectivity index (χ4n) is 2.84. The van der Waals surface area contributed by atoms with Crippen LogP contribution in [0.25, 0.3) is 0 Å². The van der Waals surface area contributed by atoms with Crippen LogP contribution < -0.4 is 15.6 Å². The summed E-state index contributed by atoms with van der Waals surface area (Å²) in [5, 5.41) is 7.66. The van der Waals surface area contributed by atoms with Gasteiger partial charge in [-0.2, -0.15) is 5.10 Å². The molecule has 7 nitrogen and oxygen atoms in total. The van der Waals surface area contributed by atoms with Crippen LogP contribution in [0.5, 0.6) is 5.75 Å². The lowest BCUT2D eigenvalue weighted by atomic mass is 10.0. The molecule has 0 saturated heterocycles. The van der Waals surface area contributed by atoms with Crippen LogP contribution in [-0.4, -0.2) is 27.6 Å². The summed E-state index contributed by atoms with van der Waals surface area (Å²) in [7, 11) is 1.87. The number of benzene rings is 1. The molecule has 0 aliphatic rings. The van der Waals surface area contributed by atoms with E-state index < -0.39 is 5.56 Å². The van der Waals surface area contributed by atoms with Gasteiger partial charge in [0.15, 0.2) is 5.78 Å². The third-order valence-electron chi connectivity index (χ3n) is 4.29. The van der Waals surface area contributed by atoms with Crippen LogP contribution in [0.1, 0.15) is 27.2 Å². The van der Waals surface area contributed by atoms with E-state index >= 15 is 0 Å². The lowest BCUT2D eigenvalue weighted by molar-refractivity contribution is 0.0964. The van der Waals surface area contributed by atoms with E-state index in [0.717, 1.165) is 22.4 Å². The summed E-state index contributed by atoms with van der Waals surface area (Å²) in [4.78, 5) is 29.1. The molecular weight excluding hydrogens is 392 g/mol. The molecular formula is C21H21ClN4O3. The number of ether oxygens (including phenoxy) is 1. The highest BCUT2D eigenvalue weighted by atomic mass is 35.5. The van der Waals surface area contributed by atoms with Crippen molar-refractivity contribution >= 4 is 17.4 Å². The number of nitrogens with one attached hydrogen (secondary N) is 1. The van der Waals surface area contributed by atoms with E-state index in [1.165, 1.54) is 18.5 Å². The number of aryl methyl sites for hydroxylation is 1. The van der Waals surface area contributed by atoms with Gasteiger partial charge < -0.3 is 10.1 Å². The fourth-order valence-corrected chi connectivity index (χ4v) is 2.95. The standard InChI is InChI=1S/C21H21ClN4O3/c1-14-7-15(9-23-2)3-6-19(14)20(27)12-26-21(28)8-18(11-25-26)29-13-17-5-4-16(22)10-24-17/h3-8,10-11,23H,9,12-13H2,1-2H3. The van der Waals surface area contributed by atoms with Gasteiger partial charge in [-0.3, -0.25) is 14.6 Å². The molecule has 2 heterocycles. The molecule has 0 radical (unpaired) electrons. The monoisotopic (exact) mass is 412 g/mol. The number of nitrogens with zero attached hydrogens (tertiary/aromatic N) is 3. The SMILES string of the molecule is CNCc1ccc(C(=O)Cn2ncc(OCc3ccc(Cl)cn3)cc2=O)c(C)c1. The van der Waals surface area contributed by atoms with Gasteiger partial charge in [0.1, 0.15) is 18.9 Å². The molecule has 0 atom stereocenters. The first kappa shape index (κ1) is 20.7. The van der Waals surface area contributed by atoms with Gasteiger partial charge in [0, 0.05) is 24.4 Å². The zero-order valence-corrected chi connectivity index (χ0v) is 16.9. The number of rotatable bonds is 8. The van der Waals surface area contributed by atoms with Gasteiger partial charge in [0.05, 0.1) is 16.9 Å². The predicted molar refractivity (Wildman–Crippen MR) is 110 cm³/mol. The Morgan fingerprint density at radius 2 is 2.03 bits per heavy atom. The maximum atomic E-state index is 12.6. The van der Waals surface area contributed by atoms with Crippen molar-refractivity contribution in [2.45, 2.75) is 26.6 Å². The van der Waals surface area contributed by atoms with Crippen LogP contribution in [0.2, 0.25) is 5.02 Å². The zero-order valence-electron chi connectivity index (χ0n) is 16.2. The fraction of sp³-hybridized carbons (Fsp3) is 0.238. The molecule has 1 N–H and O–H groups in total. The molecule has 0 bridgehead atoms. The van der Waals surface area contributed by atoms with Gasteiger partial charge in [0.25, 0.3) is 5.56 Å². The van der Waals surface area contributed by atoms with Crippen LogP contribution >= 0.6 is 11.6 Å². The maximum absolute atomic E-state index is 12.6. The van der Waals surface area contributed by atoms with Gasteiger partial charge in [-0.1, -0.05) is 29.8 Å². The topological polar surface area (TPSA) is 86.1 Å². The number of carbonyl (C=O) groups excluding carboxylic acids is 1. The van der Waals surface area contributed by atoms with Gasteiger partial charge in [0.2, 0.25) is 0 Å². The molecule has 3 rings (SSSR count). The van der Waals surface area contributed by atoms with Crippen molar-refractivity contribution < 1.29 is 9.53 Å². The highest BCUT2D eigenvalue weighted by Gasteiger charge is 2.12. The summed E-state index contributed by atoms with van der Waals surface area (Å²) < 4.78 is 6.66. The van der Waals surface area contributed by atoms with Crippen LogP contribution in [-0.2, 0) is 19.7 Å². The second-order valence-corrected chi connectivity index (χ2v) is 6.98. The summed E-state index contributed by atoms with van der Waals surface area (Å²) >= 11 is 5.80. The minimum Gasteiger partial charge on any atom is -0.485 e. The third kappa shape index (κ3) is 5.49. The average Bonchev–Trinajstić information content (AvgIpc) is 2.69. The molecule has 0 spiro atoms. The lowest BCUT2D eigenvalue weighted by Gasteiger charge is -2.10. The molecule has 0 aliphatic carbocycles. The molecule has 0 unspecified atom stereocenters. The average molecular weight is 413 g/mol. The molecule has 0 amide bonds. The van der Waals surface area contributed by atoms with E-state index in [2.05, 4.69) is 15.4 Å². The summed E-state index contributed by atoms with van der Waals surface area (Å²) in [6, 6.07) is 10.4. The second kappa shape index (κ2) is 9.45. The van der Waals surface area contributed by atoms with E-state index in [4.69, 9.17) is 16.3 Å². The Balaban J connectivity index is 1.66. The molecule has 150 valence electrons. The first-order chi connectivity index (χ1) is 14.0. The Hall–Kier alpha value is -3.03. The first-order valence-electron chi connectivity index (χ1n) is 9.04. The van der Waals surface area contributed by atoms with Crippen molar-refractivity contribution in [3.05, 3.63) is 86.6 Å². The van der Waals surface area contributed by atoms with Crippen molar-refractivity contribution in [2.75, 3.05) is 7.05 Å². The smallest absolute Gasteiger partial charge is 0.270 e. The minimum atomic E-state index is -0.413. The van der Waals surface area contributed by atoms with Crippen LogP contribution in [0, 0.1) is 6.92 Å². The summed E-state index contributed by atoms with van der Waals surface area (Å²) in [5.74, 6) is 0.134. The van der Waals surface area contributed by atoms with Crippen molar-refractivity contribution in [2.24, 2.45) is 0 Å². The predicted octanol–water partition coefficient (Wildman–Crippen LogP) is 2.78. The highest BCUT2D eigenvalue weighted by Crippen LogP contribution is 2.13. The van der Waals surface area contributed by atoms with Crippen molar-refractivity contribution in [1.82, 2.24) is 20.1 Å². The first-order valence-corrected chi connectivity index (χ1v) is 9.42. The van der Waals surface area contributed by atoms with E-state index in [0.29, 0.717) is 22.0 Å². The van der Waals surface area contributed by atoms with Gasteiger partial charge >= 0.3 is 0 Å². The van der Waals surface area contributed by atoms with E-state index in [1.807, 2.05) is 26.1 Å². The number of carbonyl (C=O) groups is 1. The molecule has 0 saturated carbocycles. The van der Waals surface area contributed by atoms with Crippen molar-refractivity contribution in [3.63, 3.8) is 0 Å². The molecule has 8 heteroatoms. The van der Waals surface area contributed by atoms with E-state index in [9.17, 15) is 9.59 Å². The molecule has 3 aromatic rings. The van der Waals surface area contributed by atoms with Crippen LogP contribution in [0.15, 0.2) is 53.6 Å². The number of hydrogen-bond acceptors (Lipinski definition) is 6. The Kier molecular flexibility index (Phi) is 6.74. The normalized spacial score (nSPS) is 10.7. The molecule has 29 heavy (non-hydrogen) atoms. The second-order valence-electron chi connectivity index (χ2n) is 6.55. The third-order valence-corrected chi connectivity index (χ3v) is 4.51. The van der Waals surface area contributed by atoms with Gasteiger partial charge in [-0.05, 0) is 37.2 Å². The summed E-state index contributed by atoms with van der Waals surface area (Å²) in [6.07, 6.45) is 2.93. The molecule has 1 aromatic carbocycles. The number of aromatic nitrogens is 3. The highest BCUT2D eigenvalue weighted by molar-refractivity contribution is 6.30. The zero-order chi connectivity index (χ0) is 20.8. The number of halogens is 1. The Morgan fingerprint density at radius 1 is 1.21 bits per heavy atom. The van der Waals surface area contributed by atoms with Crippen LogP contribution in [0.3, 0.4) is 0 Å². The summed E-state index contributed by atoms with van der Waals surface area (Å²) in [6.45, 7) is 2.65. The summed E-state index contributed by atoms with van der Waals surface area (Å²) in [5.41, 5.74) is 2.79. The lowest BCUT2D eigenvalue weighted by Crippen LogP contribution is -2.26. The number of Topliss-reactive ketones (excluding diaryl/α,β-unsaturated/α-hetero) is 1. The quantitative estimate of drug-likeness (QED) is 0.572. The van der Waals surface area contributed by atoms with Gasteiger partial charge in [-0.25, -0.2) is 4.68 Å². The Morgan fingerprint density at radius 3 is 2.69 bits per heavy atom. The van der Waals surface area contributed by atoms with E-state index in [-0.39, 0.29) is 18.9 Å². The Labute approximate surface area is 173 Å². The van der Waals surface area contributed by atoms with Crippen molar-refractivity contribution in [1.29, 1.82) is 0 Å².